The van der Waals surface area contributed by atoms with Gasteiger partial charge in [-0.1, -0.05) is 59.9 Å². The molecule has 2 heterocycles. The summed E-state index contributed by atoms with van der Waals surface area (Å²) in [6.45, 7) is 0. The molecule has 0 bridgehead atoms. The van der Waals surface area contributed by atoms with Gasteiger partial charge in [0.15, 0.2) is 0 Å². The van der Waals surface area contributed by atoms with Crippen LogP contribution in [-0.4, -0.2) is 21.1 Å². The number of aromatic nitrogens is 3. The fourth-order valence-corrected chi connectivity index (χ4v) is 3.17. The summed E-state index contributed by atoms with van der Waals surface area (Å²) in [6, 6.07) is 19.3. The number of anilines is 1. The van der Waals surface area contributed by atoms with E-state index in [0.29, 0.717) is 16.7 Å². The predicted octanol–water partition coefficient (Wildman–Crippen LogP) is 4.04. The van der Waals surface area contributed by atoms with Crippen molar-refractivity contribution in [2.24, 2.45) is 0 Å². The van der Waals surface area contributed by atoms with Crippen LogP contribution in [0.15, 0.2) is 71.3 Å². The molecule has 0 saturated heterocycles. The SMILES string of the molecule is O=C(Cc1coc(-c2ccccc2)n1)Nc1nnc(-c2ccccc2)s1. The number of rotatable bonds is 5. The van der Waals surface area contributed by atoms with Crippen LogP contribution in [0.4, 0.5) is 5.13 Å². The first-order valence-corrected chi connectivity index (χ1v) is 8.78. The molecule has 0 aliphatic rings. The molecule has 0 unspecified atom stereocenters. The van der Waals surface area contributed by atoms with Gasteiger partial charge in [-0.15, -0.1) is 10.2 Å². The van der Waals surface area contributed by atoms with Gasteiger partial charge in [-0.2, -0.15) is 0 Å². The van der Waals surface area contributed by atoms with Crippen molar-refractivity contribution in [3.05, 3.63) is 72.6 Å². The highest BCUT2D eigenvalue weighted by Crippen LogP contribution is 2.26. The zero-order valence-corrected chi connectivity index (χ0v) is 14.4. The van der Waals surface area contributed by atoms with Crippen LogP contribution in [0.3, 0.4) is 0 Å². The number of amides is 1. The molecule has 26 heavy (non-hydrogen) atoms. The molecule has 0 spiro atoms. The highest BCUT2D eigenvalue weighted by molar-refractivity contribution is 7.18. The maximum atomic E-state index is 12.2. The number of hydrogen-bond acceptors (Lipinski definition) is 6. The fraction of sp³-hybridized carbons (Fsp3) is 0.0526. The normalized spacial score (nSPS) is 10.6. The van der Waals surface area contributed by atoms with E-state index in [9.17, 15) is 4.79 Å². The van der Waals surface area contributed by atoms with Crippen molar-refractivity contribution < 1.29 is 9.21 Å². The first kappa shape index (κ1) is 16.2. The summed E-state index contributed by atoms with van der Waals surface area (Å²) in [5, 5.41) is 12.1. The zero-order chi connectivity index (χ0) is 17.8. The Labute approximate surface area is 153 Å². The molecule has 0 aliphatic heterocycles. The monoisotopic (exact) mass is 362 g/mol. The second kappa shape index (κ2) is 7.28. The number of nitrogens with one attached hydrogen (secondary N) is 1. The minimum absolute atomic E-state index is 0.108. The third-order valence-corrected chi connectivity index (χ3v) is 4.49. The molecule has 7 heteroatoms. The Balaban J connectivity index is 1.40. The largest absolute Gasteiger partial charge is 0.444 e. The van der Waals surface area contributed by atoms with Gasteiger partial charge in [0.2, 0.25) is 16.9 Å². The van der Waals surface area contributed by atoms with E-state index in [1.54, 1.807) is 0 Å². The van der Waals surface area contributed by atoms with Crippen LogP contribution in [0.25, 0.3) is 22.0 Å². The van der Waals surface area contributed by atoms with E-state index in [-0.39, 0.29) is 12.3 Å². The third kappa shape index (κ3) is 3.68. The van der Waals surface area contributed by atoms with E-state index in [0.717, 1.165) is 16.1 Å². The van der Waals surface area contributed by atoms with Crippen LogP contribution in [-0.2, 0) is 11.2 Å². The second-order valence-electron chi connectivity index (χ2n) is 5.51. The van der Waals surface area contributed by atoms with Gasteiger partial charge in [0, 0.05) is 11.1 Å². The van der Waals surface area contributed by atoms with Crippen LogP contribution in [0.2, 0.25) is 0 Å². The van der Waals surface area contributed by atoms with Crippen molar-refractivity contribution >= 4 is 22.4 Å². The molecule has 1 N–H and O–H groups in total. The summed E-state index contributed by atoms with van der Waals surface area (Å²) in [5.74, 6) is 0.282. The summed E-state index contributed by atoms with van der Waals surface area (Å²) in [5.41, 5.74) is 2.40. The molecule has 0 saturated carbocycles. The van der Waals surface area contributed by atoms with E-state index >= 15 is 0 Å². The molecule has 4 aromatic rings. The molecular formula is C19H14N4O2S. The lowest BCUT2D eigenvalue weighted by atomic mass is 10.2. The molecule has 2 aromatic carbocycles. The minimum Gasteiger partial charge on any atom is -0.444 e. The average Bonchev–Trinajstić information content (AvgIpc) is 3.33. The lowest BCUT2D eigenvalue weighted by Crippen LogP contribution is -2.14. The van der Waals surface area contributed by atoms with E-state index in [2.05, 4.69) is 20.5 Å². The van der Waals surface area contributed by atoms with Gasteiger partial charge in [0.05, 0.1) is 12.1 Å². The van der Waals surface area contributed by atoms with Gasteiger partial charge in [-0.3, -0.25) is 4.79 Å². The summed E-state index contributed by atoms with van der Waals surface area (Å²) < 4.78 is 5.45. The summed E-state index contributed by atoms with van der Waals surface area (Å²) in [7, 11) is 0. The van der Waals surface area contributed by atoms with Crippen LogP contribution < -0.4 is 5.32 Å². The Kier molecular flexibility index (Phi) is 4.53. The van der Waals surface area contributed by atoms with Gasteiger partial charge in [-0.05, 0) is 12.1 Å². The summed E-state index contributed by atoms with van der Waals surface area (Å²) >= 11 is 1.33. The molecule has 128 valence electrons. The Morgan fingerprint density at radius 1 is 0.962 bits per heavy atom. The van der Waals surface area contributed by atoms with Crippen molar-refractivity contribution in [2.45, 2.75) is 6.42 Å². The summed E-state index contributed by atoms with van der Waals surface area (Å²) in [6.07, 6.45) is 1.61. The van der Waals surface area contributed by atoms with Crippen LogP contribution in [0, 0.1) is 0 Å². The van der Waals surface area contributed by atoms with E-state index in [1.807, 2.05) is 60.7 Å². The van der Waals surface area contributed by atoms with Crippen molar-refractivity contribution in [2.75, 3.05) is 5.32 Å². The Hall–Kier alpha value is -3.32. The highest BCUT2D eigenvalue weighted by atomic mass is 32.1. The maximum absolute atomic E-state index is 12.2. The first-order valence-electron chi connectivity index (χ1n) is 7.96. The van der Waals surface area contributed by atoms with E-state index in [1.165, 1.54) is 17.6 Å². The molecule has 0 aliphatic carbocycles. The molecule has 6 nitrogen and oxygen atoms in total. The van der Waals surface area contributed by atoms with Crippen molar-refractivity contribution in [3.63, 3.8) is 0 Å². The smallest absolute Gasteiger partial charge is 0.232 e. The maximum Gasteiger partial charge on any atom is 0.232 e. The lowest BCUT2D eigenvalue weighted by Gasteiger charge is -1.97. The molecule has 0 radical (unpaired) electrons. The van der Waals surface area contributed by atoms with Gasteiger partial charge in [-0.25, -0.2) is 4.98 Å². The second-order valence-corrected chi connectivity index (χ2v) is 6.49. The standard InChI is InChI=1S/C19H14N4O2S/c24-16(11-15-12-25-17(20-15)13-7-3-1-4-8-13)21-19-23-22-18(26-19)14-9-5-2-6-10-14/h1-10,12H,11H2,(H,21,23,24). The van der Waals surface area contributed by atoms with Gasteiger partial charge < -0.3 is 9.73 Å². The fourth-order valence-electron chi connectivity index (χ4n) is 2.40. The number of carbonyl (C=O) groups is 1. The van der Waals surface area contributed by atoms with Gasteiger partial charge in [0.1, 0.15) is 11.3 Å². The first-order chi connectivity index (χ1) is 12.8. The van der Waals surface area contributed by atoms with Gasteiger partial charge in [0.25, 0.3) is 0 Å². The van der Waals surface area contributed by atoms with E-state index in [4.69, 9.17) is 4.42 Å². The number of oxazole rings is 1. The zero-order valence-electron chi connectivity index (χ0n) is 13.6. The quantitative estimate of drug-likeness (QED) is 0.579. The van der Waals surface area contributed by atoms with Crippen LogP contribution >= 0.6 is 11.3 Å². The molecule has 0 fully saturated rings. The van der Waals surface area contributed by atoms with Crippen molar-refractivity contribution in [1.82, 2.24) is 15.2 Å². The summed E-state index contributed by atoms with van der Waals surface area (Å²) in [4.78, 5) is 16.6. The minimum atomic E-state index is -0.214. The number of nitrogens with zero attached hydrogens (tertiary/aromatic N) is 3. The number of hydrogen-bond donors (Lipinski definition) is 1. The van der Waals surface area contributed by atoms with E-state index < -0.39 is 0 Å². The lowest BCUT2D eigenvalue weighted by molar-refractivity contribution is -0.115. The molecule has 1 amide bonds. The number of benzene rings is 2. The Bertz CT molecular complexity index is 930. The van der Waals surface area contributed by atoms with Crippen molar-refractivity contribution in [3.8, 4) is 22.0 Å². The highest BCUT2D eigenvalue weighted by Gasteiger charge is 2.13. The van der Waals surface area contributed by atoms with Gasteiger partial charge >= 0.3 is 0 Å². The average molecular weight is 362 g/mol. The Morgan fingerprint density at radius 3 is 2.38 bits per heavy atom. The van der Waals surface area contributed by atoms with Crippen LogP contribution in [0.1, 0.15) is 5.69 Å². The molecule has 4 rings (SSSR count). The topological polar surface area (TPSA) is 80.9 Å². The Morgan fingerprint density at radius 2 is 1.65 bits per heavy atom. The van der Waals surface area contributed by atoms with Crippen LogP contribution in [0.5, 0.6) is 0 Å². The molecule has 0 atom stereocenters. The van der Waals surface area contributed by atoms with Crippen molar-refractivity contribution in [1.29, 1.82) is 0 Å². The number of carbonyl (C=O) groups excluding carboxylic acids is 1. The predicted molar refractivity (Wildman–Crippen MR) is 99.6 cm³/mol. The molecular weight excluding hydrogens is 348 g/mol. The third-order valence-electron chi connectivity index (χ3n) is 3.61. The molecule has 2 aromatic heterocycles.